The number of aliphatic hydroxyl groups is 2. The van der Waals surface area contributed by atoms with Crippen LogP contribution in [0.3, 0.4) is 0 Å². The Hall–Kier alpha value is -3.20. The van der Waals surface area contributed by atoms with Crippen molar-refractivity contribution >= 4 is 40.4 Å². The SMILES string of the molecule is O=CNc1cc2c(Oc3ccc(CC(=O)CC4CC4)c(Cl)c3)ccnc2cc1OC[C@H](O)CO. The third kappa shape index (κ3) is 6.02. The molecule has 1 aliphatic carbocycles. The highest BCUT2D eigenvalue weighted by atomic mass is 35.5. The molecule has 9 heteroatoms. The Bertz CT molecular complexity index is 1200. The van der Waals surface area contributed by atoms with Crippen LogP contribution in [-0.4, -0.2) is 46.7 Å². The molecular weight excluding hydrogens is 460 g/mol. The summed E-state index contributed by atoms with van der Waals surface area (Å²) in [5.41, 5.74) is 1.66. The minimum absolute atomic E-state index is 0.153. The maximum atomic E-state index is 12.2. The van der Waals surface area contributed by atoms with Crippen molar-refractivity contribution in [2.24, 2.45) is 5.92 Å². The van der Waals surface area contributed by atoms with Crippen LogP contribution in [0.1, 0.15) is 24.8 Å². The fourth-order valence-electron chi connectivity index (χ4n) is 3.56. The van der Waals surface area contributed by atoms with Crippen LogP contribution in [0.2, 0.25) is 5.02 Å². The molecule has 3 N–H and O–H groups in total. The monoisotopic (exact) mass is 484 g/mol. The molecule has 2 aromatic carbocycles. The zero-order valence-corrected chi connectivity index (χ0v) is 19.1. The van der Waals surface area contributed by atoms with E-state index in [1.165, 1.54) is 0 Å². The first-order valence-electron chi connectivity index (χ1n) is 11.0. The van der Waals surface area contributed by atoms with Crippen LogP contribution in [0.5, 0.6) is 17.2 Å². The number of ether oxygens (including phenoxy) is 2. The zero-order valence-electron chi connectivity index (χ0n) is 18.4. The summed E-state index contributed by atoms with van der Waals surface area (Å²) in [5.74, 6) is 2.00. The van der Waals surface area contributed by atoms with E-state index in [9.17, 15) is 14.7 Å². The summed E-state index contributed by atoms with van der Waals surface area (Å²) in [7, 11) is 0. The summed E-state index contributed by atoms with van der Waals surface area (Å²) in [6.07, 6.45) is 4.21. The summed E-state index contributed by atoms with van der Waals surface area (Å²) in [4.78, 5) is 27.6. The lowest BCUT2D eigenvalue weighted by atomic mass is 10.0. The second-order valence-corrected chi connectivity index (χ2v) is 8.71. The maximum Gasteiger partial charge on any atom is 0.211 e. The lowest BCUT2D eigenvalue weighted by Crippen LogP contribution is -2.21. The highest BCUT2D eigenvalue weighted by molar-refractivity contribution is 6.31. The standard InChI is InChI=1S/C25H25ClN2O6/c26-21-9-19(4-3-16(21)8-17(31)7-15-1-2-15)34-24-5-6-27-22-11-25(33-13-18(32)12-29)23(28-14-30)10-20(22)24/h3-6,9-11,14-15,18,29,32H,1-2,7-8,12-13H2,(H,28,30)/t18-/m1/s1. The van der Waals surface area contributed by atoms with E-state index >= 15 is 0 Å². The third-order valence-electron chi connectivity index (χ3n) is 5.51. The first-order chi connectivity index (χ1) is 16.5. The molecule has 1 saturated carbocycles. The normalized spacial score (nSPS) is 14.0. The number of halogens is 1. The summed E-state index contributed by atoms with van der Waals surface area (Å²) >= 11 is 6.42. The molecule has 8 nitrogen and oxygen atoms in total. The van der Waals surface area contributed by atoms with Gasteiger partial charge in [0.15, 0.2) is 0 Å². The molecule has 4 rings (SSSR count). The van der Waals surface area contributed by atoms with E-state index < -0.39 is 12.7 Å². The van der Waals surface area contributed by atoms with Gasteiger partial charge in [-0.25, -0.2) is 0 Å². The van der Waals surface area contributed by atoms with Crippen molar-refractivity contribution in [3.63, 3.8) is 0 Å². The number of benzene rings is 2. The average Bonchev–Trinajstić information content (AvgIpc) is 3.63. The highest BCUT2D eigenvalue weighted by Gasteiger charge is 2.24. The van der Waals surface area contributed by atoms with E-state index in [0.29, 0.717) is 64.0 Å². The number of ketones is 1. The molecule has 1 amide bonds. The van der Waals surface area contributed by atoms with Crippen molar-refractivity contribution in [1.29, 1.82) is 0 Å². The number of aromatic nitrogens is 1. The second kappa shape index (κ2) is 10.8. The van der Waals surface area contributed by atoms with Crippen LogP contribution >= 0.6 is 11.6 Å². The topological polar surface area (TPSA) is 118 Å². The van der Waals surface area contributed by atoms with Gasteiger partial charge in [-0.3, -0.25) is 14.6 Å². The van der Waals surface area contributed by atoms with Gasteiger partial charge in [0.1, 0.15) is 35.7 Å². The average molecular weight is 485 g/mol. The molecule has 0 unspecified atom stereocenters. The number of nitrogens with zero attached hydrogens (tertiary/aromatic N) is 1. The number of aliphatic hydroxyl groups excluding tert-OH is 2. The van der Waals surface area contributed by atoms with Gasteiger partial charge in [0.2, 0.25) is 6.41 Å². The van der Waals surface area contributed by atoms with Gasteiger partial charge in [0.25, 0.3) is 0 Å². The molecule has 0 aliphatic heterocycles. The van der Waals surface area contributed by atoms with Crippen LogP contribution in [0.25, 0.3) is 10.9 Å². The molecule has 1 heterocycles. The van der Waals surface area contributed by atoms with E-state index in [4.69, 9.17) is 26.2 Å². The van der Waals surface area contributed by atoms with E-state index in [0.717, 1.165) is 18.4 Å². The molecule has 0 radical (unpaired) electrons. The number of rotatable bonds is 12. The van der Waals surface area contributed by atoms with E-state index in [-0.39, 0.29) is 12.4 Å². The largest absolute Gasteiger partial charge is 0.489 e. The number of carbonyl (C=O) groups is 2. The molecule has 1 atom stereocenters. The van der Waals surface area contributed by atoms with E-state index in [1.807, 2.05) is 0 Å². The molecule has 1 aromatic heterocycles. The lowest BCUT2D eigenvalue weighted by Gasteiger charge is -2.15. The molecule has 1 fully saturated rings. The van der Waals surface area contributed by atoms with Gasteiger partial charge in [-0.1, -0.05) is 17.7 Å². The van der Waals surface area contributed by atoms with Crippen molar-refractivity contribution in [2.45, 2.75) is 31.8 Å². The molecule has 1 aliphatic rings. The van der Waals surface area contributed by atoms with Crippen molar-refractivity contribution in [3.8, 4) is 17.2 Å². The Morgan fingerprint density at radius 3 is 2.76 bits per heavy atom. The predicted octanol–water partition coefficient (Wildman–Crippen LogP) is 3.89. The molecule has 0 bridgehead atoms. The summed E-state index contributed by atoms with van der Waals surface area (Å²) in [6.45, 7) is -0.601. The number of hydrogen-bond donors (Lipinski definition) is 3. The van der Waals surface area contributed by atoms with Gasteiger partial charge < -0.3 is 25.0 Å². The van der Waals surface area contributed by atoms with Gasteiger partial charge >= 0.3 is 0 Å². The number of fused-ring (bicyclic) bond motifs is 1. The zero-order chi connectivity index (χ0) is 24.1. The number of Topliss-reactive ketones (excluding diaryl/α,β-unsaturated/α-hetero) is 1. The number of nitrogens with one attached hydrogen (secondary N) is 1. The first-order valence-corrected chi connectivity index (χ1v) is 11.4. The van der Waals surface area contributed by atoms with Crippen LogP contribution in [-0.2, 0) is 16.0 Å². The van der Waals surface area contributed by atoms with Crippen LogP contribution < -0.4 is 14.8 Å². The number of hydrogen-bond acceptors (Lipinski definition) is 7. The second-order valence-electron chi connectivity index (χ2n) is 8.30. The third-order valence-corrected chi connectivity index (χ3v) is 5.86. The van der Waals surface area contributed by atoms with Gasteiger partial charge in [-0.2, -0.15) is 0 Å². The minimum Gasteiger partial charge on any atom is -0.489 e. The van der Waals surface area contributed by atoms with Crippen molar-refractivity contribution in [1.82, 2.24) is 4.98 Å². The molecule has 0 saturated heterocycles. The Labute approximate surface area is 201 Å². The van der Waals surface area contributed by atoms with Crippen molar-refractivity contribution < 1.29 is 29.3 Å². The summed E-state index contributed by atoms with van der Waals surface area (Å²) < 4.78 is 11.6. The Morgan fingerprint density at radius 2 is 2.06 bits per heavy atom. The smallest absolute Gasteiger partial charge is 0.211 e. The van der Waals surface area contributed by atoms with Crippen molar-refractivity contribution in [3.05, 3.63) is 53.2 Å². The molecule has 34 heavy (non-hydrogen) atoms. The Morgan fingerprint density at radius 1 is 1.24 bits per heavy atom. The molecule has 3 aromatic rings. The Kier molecular flexibility index (Phi) is 7.62. The maximum absolute atomic E-state index is 12.2. The van der Waals surface area contributed by atoms with Crippen LogP contribution in [0, 0.1) is 5.92 Å². The summed E-state index contributed by atoms with van der Waals surface area (Å²) in [5, 5.41) is 22.2. The highest BCUT2D eigenvalue weighted by Crippen LogP contribution is 2.37. The number of pyridine rings is 1. The van der Waals surface area contributed by atoms with Crippen LogP contribution in [0.15, 0.2) is 42.6 Å². The number of carbonyl (C=O) groups excluding carboxylic acids is 2. The molecule has 0 spiro atoms. The van der Waals surface area contributed by atoms with Gasteiger partial charge in [-0.05, 0) is 48.6 Å². The Balaban J connectivity index is 1.56. The number of amides is 1. The van der Waals surface area contributed by atoms with E-state index in [1.54, 1.807) is 42.6 Å². The fourth-order valence-corrected chi connectivity index (χ4v) is 3.80. The minimum atomic E-state index is -1.06. The molecule has 178 valence electrons. The van der Waals surface area contributed by atoms with Gasteiger partial charge in [0, 0.05) is 35.5 Å². The van der Waals surface area contributed by atoms with Gasteiger partial charge in [-0.15, -0.1) is 0 Å². The predicted molar refractivity (Wildman–Crippen MR) is 128 cm³/mol. The quantitative estimate of drug-likeness (QED) is 0.334. The van der Waals surface area contributed by atoms with Gasteiger partial charge in [0.05, 0.1) is 17.8 Å². The fraction of sp³-hybridized carbons (Fsp3) is 0.320. The summed E-state index contributed by atoms with van der Waals surface area (Å²) in [6, 6.07) is 10.2. The van der Waals surface area contributed by atoms with Crippen LogP contribution in [0.4, 0.5) is 5.69 Å². The van der Waals surface area contributed by atoms with E-state index in [2.05, 4.69) is 10.3 Å². The van der Waals surface area contributed by atoms with Crippen molar-refractivity contribution in [2.75, 3.05) is 18.5 Å². The molecular formula is C25H25ClN2O6. The lowest BCUT2D eigenvalue weighted by molar-refractivity contribution is -0.118. The first kappa shape index (κ1) is 23.9. The number of anilines is 1.